The smallest absolute Gasteiger partial charge is 0.374 e. The quantitative estimate of drug-likeness (QED) is 0.727. The van der Waals surface area contributed by atoms with E-state index < -0.39 is 5.97 Å². The topological polar surface area (TPSA) is 84.3 Å². The van der Waals surface area contributed by atoms with Crippen LogP contribution in [-0.4, -0.2) is 40.8 Å². The molecule has 0 unspecified atom stereocenters. The molecular formula is C15H19N3O3. The highest BCUT2D eigenvalue weighted by molar-refractivity contribution is 5.93. The molecule has 0 saturated carbocycles. The summed E-state index contributed by atoms with van der Waals surface area (Å²) in [5.41, 5.74) is 0.620. The standard InChI is InChI=1S/C15H19N3O3/c1-2-9-21-10-5-8-16-13-11-6-3-4-7-12(11)17-14(18-13)15(19)20/h3-4,6-7H,2,5,8-10H2,1H3,(H,19,20)(H,16,17,18). The highest BCUT2D eigenvalue weighted by Crippen LogP contribution is 2.19. The van der Waals surface area contributed by atoms with Gasteiger partial charge in [-0.1, -0.05) is 19.1 Å². The zero-order valence-electron chi connectivity index (χ0n) is 12.0. The number of aromatic nitrogens is 2. The molecule has 0 spiro atoms. The van der Waals surface area contributed by atoms with Crippen molar-refractivity contribution in [2.45, 2.75) is 19.8 Å². The van der Waals surface area contributed by atoms with Crippen molar-refractivity contribution in [1.29, 1.82) is 0 Å². The van der Waals surface area contributed by atoms with Crippen LogP contribution < -0.4 is 5.32 Å². The third kappa shape index (κ3) is 4.13. The molecule has 0 radical (unpaired) electrons. The summed E-state index contributed by atoms with van der Waals surface area (Å²) in [5, 5.41) is 13.0. The van der Waals surface area contributed by atoms with Gasteiger partial charge in [0.2, 0.25) is 5.82 Å². The van der Waals surface area contributed by atoms with Crippen LogP contribution in [0.2, 0.25) is 0 Å². The van der Waals surface area contributed by atoms with E-state index in [1.165, 1.54) is 0 Å². The molecule has 6 nitrogen and oxygen atoms in total. The minimum absolute atomic E-state index is 0.196. The van der Waals surface area contributed by atoms with Crippen molar-refractivity contribution in [2.24, 2.45) is 0 Å². The van der Waals surface area contributed by atoms with Crippen LogP contribution in [0.15, 0.2) is 24.3 Å². The van der Waals surface area contributed by atoms with Gasteiger partial charge < -0.3 is 15.2 Å². The van der Waals surface area contributed by atoms with Crippen LogP contribution in [0.4, 0.5) is 5.82 Å². The van der Waals surface area contributed by atoms with Crippen molar-refractivity contribution in [1.82, 2.24) is 9.97 Å². The molecule has 0 aliphatic heterocycles. The van der Waals surface area contributed by atoms with Gasteiger partial charge in [-0.2, -0.15) is 0 Å². The molecule has 0 saturated heterocycles. The van der Waals surface area contributed by atoms with Crippen molar-refractivity contribution >= 4 is 22.7 Å². The summed E-state index contributed by atoms with van der Waals surface area (Å²) in [6.45, 7) is 4.18. The fourth-order valence-electron chi connectivity index (χ4n) is 1.93. The lowest BCUT2D eigenvalue weighted by Crippen LogP contribution is -2.11. The van der Waals surface area contributed by atoms with E-state index in [1.54, 1.807) is 6.07 Å². The van der Waals surface area contributed by atoms with E-state index in [9.17, 15) is 4.79 Å². The van der Waals surface area contributed by atoms with Gasteiger partial charge in [0.1, 0.15) is 5.82 Å². The number of para-hydroxylation sites is 1. The number of carboxylic acid groups (broad SMARTS) is 1. The molecule has 2 N–H and O–H groups in total. The number of benzene rings is 1. The lowest BCUT2D eigenvalue weighted by Gasteiger charge is -2.09. The van der Waals surface area contributed by atoms with Crippen LogP contribution in [-0.2, 0) is 4.74 Å². The maximum absolute atomic E-state index is 11.1. The predicted octanol–water partition coefficient (Wildman–Crippen LogP) is 2.56. The van der Waals surface area contributed by atoms with Gasteiger partial charge in [-0.3, -0.25) is 0 Å². The van der Waals surface area contributed by atoms with Crippen molar-refractivity contribution in [2.75, 3.05) is 25.1 Å². The van der Waals surface area contributed by atoms with E-state index in [2.05, 4.69) is 22.2 Å². The van der Waals surface area contributed by atoms with Crippen LogP contribution >= 0.6 is 0 Å². The normalized spacial score (nSPS) is 10.7. The van der Waals surface area contributed by atoms with Crippen molar-refractivity contribution in [3.63, 3.8) is 0 Å². The number of rotatable bonds is 8. The SMILES string of the molecule is CCCOCCCNc1nc(C(=O)O)nc2ccccc12. The molecule has 0 amide bonds. The highest BCUT2D eigenvalue weighted by atomic mass is 16.5. The third-order valence-electron chi connectivity index (χ3n) is 2.90. The maximum atomic E-state index is 11.1. The second kappa shape index (κ2) is 7.54. The first-order valence-electron chi connectivity index (χ1n) is 7.04. The number of nitrogens with one attached hydrogen (secondary N) is 1. The summed E-state index contributed by atoms with van der Waals surface area (Å²) in [6, 6.07) is 7.35. The molecule has 1 heterocycles. The van der Waals surface area contributed by atoms with Gasteiger partial charge in [-0.25, -0.2) is 14.8 Å². The monoisotopic (exact) mass is 289 g/mol. The molecule has 2 rings (SSSR count). The molecule has 0 aliphatic rings. The van der Waals surface area contributed by atoms with Crippen LogP contribution in [0.5, 0.6) is 0 Å². The predicted molar refractivity (Wildman–Crippen MR) is 80.7 cm³/mol. The lowest BCUT2D eigenvalue weighted by atomic mass is 10.2. The summed E-state index contributed by atoms with van der Waals surface area (Å²) in [4.78, 5) is 19.2. The minimum Gasteiger partial charge on any atom is -0.475 e. The van der Waals surface area contributed by atoms with Crippen LogP contribution in [0, 0.1) is 0 Å². The van der Waals surface area contributed by atoms with E-state index in [1.807, 2.05) is 18.2 Å². The van der Waals surface area contributed by atoms with Crippen LogP contribution in [0.3, 0.4) is 0 Å². The molecule has 1 aromatic carbocycles. The van der Waals surface area contributed by atoms with E-state index in [0.717, 1.165) is 24.8 Å². The zero-order chi connectivity index (χ0) is 15.1. The number of carbonyl (C=O) groups is 1. The first-order valence-corrected chi connectivity index (χ1v) is 7.04. The molecule has 2 aromatic rings. The molecule has 1 aromatic heterocycles. The number of ether oxygens (including phenoxy) is 1. The Morgan fingerprint density at radius 2 is 2.10 bits per heavy atom. The molecule has 0 bridgehead atoms. The largest absolute Gasteiger partial charge is 0.475 e. The van der Waals surface area contributed by atoms with Crippen LogP contribution in [0.25, 0.3) is 10.9 Å². The van der Waals surface area contributed by atoms with E-state index in [4.69, 9.17) is 9.84 Å². The highest BCUT2D eigenvalue weighted by Gasteiger charge is 2.12. The van der Waals surface area contributed by atoms with Gasteiger partial charge in [-0.05, 0) is 25.0 Å². The van der Waals surface area contributed by atoms with Crippen molar-refractivity contribution < 1.29 is 14.6 Å². The first kappa shape index (κ1) is 15.2. The van der Waals surface area contributed by atoms with Crippen molar-refractivity contribution in [3.8, 4) is 0 Å². The molecular weight excluding hydrogens is 270 g/mol. The second-order valence-corrected chi connectivity index (χ2v) is 4.61. The first-order chi connectivity index (χ1) is 10.2. The fourth-order valence-corrected chi connectivity index (χ4v) is 1.93. The molecule has 0 fully saturated rings. The summed E-state index contributed by atoms with van der Waals surface area (Å²) >= 11 is 0. The number of anilines is 1. The maximum Gasteiger partial charge on any atom is 0.374 e. The zero-order valence-corrected chi connectivity index (χ0v) is 12.0. The Morgan fingerprint density at radius 3 is 2.86 bits per heavy atom. The number of nitrogens with zero attached hydrogens (tertiary/aromatic N) is 2. The summed E-state index contributed by atoms with van der Waals surface area (Å²) in [7, 11) is 0. The summed E-state index contributed by atoms with van der Waals surface area (Å²) in [6.07, 6.45) is 1.84. The summed E-state index contributed by atoms with van der Waals surface area (Å²) in [5.74, 6) is -0.776. The number of carboxylic acids is 1. The Bertz CT molecular complexity index is 616. The lowest BCUT2D eigenvalue weighted by molar-refractivity contribution is 0.0684. The molecule has 21 heavy (non-hydrogen) atoms. The molecule has 0 atom stereocenters. The van der Waals surface area contributed by atoms with Gasteiger partial charge in [0.15, 0.2) is 0 Å². The number of hydrogen-bond donors (Lipinski definition) is 2. The van der Waals surface area contributed by atoms with E-state index in [0.29, 0.717) is 24.5 Å². The summed E-state index contributed by atoms with van der Waals surface area (Å²) < 4.78 is 5.40. The molecule has 0 aliphatic carbocycles. The molecule has 112 valence electrons. The van der Waals surface area contributed by atoms with Gasteiger partial charge in [0.05, 0.1) is 5.52 Å². The number of fused-ring (bicyclic) bond motifs is 1. The average Bonchev–Trinajstić information content (AvgIpc) is 2.50. The average molecular weight is 289 g/mol. The minimum atomic E-state index is -1.13. The van der Waals surface area contributed by atoms with Crippen molar-refractivity contribution in [3.05, 3.63) is 30.1 Å². The van der Waals surface area contributed by atoms with Gasteiger partial charge >= 0.3 is 5.97 Å². The number of aromatic carboxylic acids is 1. The van der Waals surface area contributed by atoms with Crippen LogP contribution in [0.1, 0.15) is 30.4 Å². The second-order valence-electron chi connectivity index (χ2n) is 4.61. The Balaban J connectivity index is 2.08. The molecule has 6 heteroatoms. The van der Waals surface area contributed by atoms with Gasteiger partial charge in [0, 0.05) is 25.1 Å². The Hall–Kier alpha value is -2.21. The fraction of sp³-hybridized carbons (Fsp3) is 0.400. The Labute approximate surface area is 123 Å². The Morgan fingerprint density at radius 1 is 1.29 bits per heavy atom. The third-order valence-corrected chi connectivity index (χ3v) is 2.90. The van der Waals surface area contributed by atoms with Gasteiger partial charge in [-0.15, -0.1) is 0 Å². The number of hydrogen-bond acceptors (Lipinski definition) is 5. The Kier molecular flexibility index (Phi) is 5.45. The van der Waals surface area contributed by atoms with E-state index >= 15 is 0 Å². The van der Waals surface area contributed by atoms with E-state index in [-0.39, 0.29) is 5.82 Å². The van der Waals surface area contributed by atoms with Gasteiger partial charge in [0.25, 0.3) is 0 Å².